The second-order valence-electron chi connectivity index (χ2n) is 18.0. The van der Waals surface area contributed by atoms with Crippen molar-refractivity contribution in [1.82, 2.24) is 0 Å². The molecule has 2 heteroatoms. The summed E-state index contributed by atoms with van der Waals surface area (Å²) in [6, 6.07) is 82.8. The van der Waals surface area contributed by atoms with Gasteiger partial charge in [-0.25, -0.2) is 0 Å². The Bertz CT molecular complexity index is 3600. The lowest BCUT2D eigenvalue weighted by molar-refractivity contribution is 0.660. The molecule has 0 saturated heterocycles. The number of hydrogen-bond acceptors (Lipinski definition) is 2. The van der Waals surface area contributed by atoms with Crippen molar-refractivity contribution >= 4 is 49.8 Å². The second-order valence-corrected chi connectivity index (χ2v) is 18.0. The van der Waals surface area contributed by atoms with Gasteiger partial charge in [-0.1, -0.05) is 190 Å². The highest BCUT2D eigenvalue weighted by atomic mass is 16.3. The summed E-state index contributed by atoms with van der Waals surface area (Å²) < 4.78 is 6.81. The van der Waals surface area contributed by atoms with Gasteiger partial charge in [0.25, 0.3) is 0 Å². The summed E-state index contributed by atoms with van der Waals surface area (Å²) in [5.74, 6) is 0. The molecule has 0 amide bonds. The van der Waals surface area contributed by atoms with Gasteiger partial charge < -0.3 is 9.32 Å². The minimum atomic E-state index is -0.589. The van der Waals surface area contributed by atoms with Crippen molar-refractivity contribution in [3.63, 3.8) is 0 Å². The summed E-state index contributed by atoms with van der Waals surface area (Å²) in [5, 5.41) is 4.75. The van der Waals surface area contributed by atoms with Gasteiger partial charge in [0.2, 0.25) is 0 Å². The molecule has 1 heterocycles. The van der Waals surface area contributed by atoms with E-state index in [0.29, 0.717) is 0 Å². The highest BCUT2D eigenvalue weighted by molar-refractivity contribution is 6.13. The fraction of sp³-hybridized carbons (Fsp3) is 0.0645. The molecule has 0 N–H and O–H groups in total. The number of anilines is 3. The van der Waals surface area contributed by atoms with Gasteiger partial charge in [-0.15, -0.1) is 0 Å². The molecule has 2 nitrogen and oxygen atoms in total. The van der Waals surface area contributed by atoms with Gasteiger partial charge in [-0.3, -0.25) is 0 Å². The van der Waals surface area contributed by atoms with E-state index in [0.717, 1.165) is 39.0 Å². The van der Waals surface area contributed by atoms with E-state index in [4.69, 9.17) is 4.42 Å². The molecule has 11 aromatic rings. The van der Waals surface area contributed by atoms with Gasteiger partial charge in [-0.05, 0) is 120 Å². The maximum absolute atomic E-state index is 6.81. The average Bonchev–Trinajstić information content (AvgIpc) is 3.96. The Kier molecular flexibility index (Phi) is 7.90. The molecule has 2 aliphatic rings. The van der Waals surface area contributed by atoms with Gasteiger partial charge in [0.1, 0.15) is 11.2 Å². The van der Waals surface area contributed by atoms with Crippen LogP contribution in [0.4, 0.5) is 17.1 Å². The van der Waals surface area contributed by atoms with Crippen molar-refractivity contribution in [2.45, 2.75) is 24.7 Å². The van der Waals surface area contributed by atoms with Crippen molar-refractivity contribution in [1.29, 1.82) is 0 Å². The third-order valence-corrected chi connectivity index (χ3v) is 14.3. The van der Waals surface area contributed by atoms with E-state index in [2.05, 4.69) is 243 Å². The predicted octanol–water partition coefficient (Wildman–Crippen LogP) is 16.5. The van der Waals surface area contributed by atoms with Crippen LogP contribution in [0.2, 0.25) is 0 Å². The van der Waals surface area contributed by atoms with Crippen molar-refractivity contribution in [3.05, 3.63) is 258 Å². The molecule has 2 aliphatic carbocycles. The van der Waals surface area contributed by atoms with E-state index in [1.165, 1.54) is 77.5 Å². The lowest BCUT2D eigenvalue weighted by atomic mass is 9.66. The third-order valence-electron chi connectivity index (χ3n) is 14.3. The first-order valence-corrected chi connectivity index (χ1v) is 22.3. The van der Waals surface area contributed by atoms with Crippen LogP contribution in [-0.4, -0.2) is 0 Å². The van der Waals surface area contributed by atoms with Crippen molar-refractivity contribution in [3.8, 4) is 33.4 Å². The molecule has 0 radical (unpaired) electrons. The average molecular weight is 818 g/mol. The molecule has 0 saturated carbocycles. The summed E-state index contributed by atoms with van der Waals surface area (Å²) >= 11 is 0. The third kappa shape index (κ3) is 5.14. The normalized spacial score (nSPS) is 14.0. The van der Waals surface area contributed by atoms with Crippen LogP contribution >= 0.6 is 0 Å². The SMILES string of the molecule is CC1(C)c2ccccc2-c2ccc(N(c3ccc4c(c3)C(c3ccccc3)(c3ccccc3)c3c-4ccc4ccccc34)c3ccc4c(c3)oc3cccc(-c5ccccc5)c34)cc21. The summed E-state index contributed by atoms with van der Waals surface area (Å²) in [5.41, 5.74) is 19.5. The zero-order valence-corrected chi connectivity index (χ0v) is 35.7. The number of hydrogen-bond donors (Lipinski definition) is 0. The fourth-order valence-corrected chi connectivity index (χ4v) is 11.5. The molecule has 302 valence electrons. The summed E-state index contributed by atoms with van der Waals surface area (Å²) in [6.07, 6.45) is 0. The van der Waals surface area contributed by atoms with E-state index in [-0.39, 0.29) is 5.41 Å². The number of fused-ring (bicyclic) bond motifs is 11. The van der Waals surface area contributed by atoms with Crippen LogP contribution in [-0.2, 0) is 10.8 Å². The van der Waals surface area contributed by atoms with Gasteiger partial charge in [-0.2, -0.15) is 0 Å². The first-order chi connectivity index (χ1) is 31.5. The minimum absolute atomic E-state index is 0.166. The van der Waals surface area contributed by atoms with E-state index in [1.807, 2.05) is 0 Å². The Balaban J connectivity index is 1.08. The smallest absolute Gasteiger partial charge is 0.137 e. The lowest BCUT2D eigenvalue weighted by Gasteiger charge is -2.35. The molecule has 0 unspecified atom stereocenters. The number of nitrogens with zero attached hydrogens (tertiary/aromatic N) is 1. The first kappa shape index (κ1) is 36.7. The molecule has 10 aromatic carbocycles. The Hall–Kier alpha value is -7.94. The van der Waals surface area contributed by atoms with Crippen molar-refractivity contribution in [2.75, 3.05) is 4.90 Å². The van der Waals surface area contributed by atoms with Gasteiger partial charge >= 0.3 is 0 Å². The zero-order chi connectivity index (χ0) is 42.6. The molecule has 0 fully saturated rings. The van der Waals surface area contributed by atoms with Gasteiger partial charge in [0, 0.05) is 39.3 Å². The number of benzene rings is 10. The summed E-state index contributed by atoms with van der Waals surface area (Å²) in [7, 11) is 0. The highest BCUT2D eigenvalue weighted by Gasteiger charge is 2.47. The zero-order valence-electron chi connectivity index (χ0n) is 35.7. The maximum atomic E-state index is 6.81. The summed E-state index contributed by atoms with van der Waals surface area (Å²) in [4.78, 5) is 2.45. The van der Waals surface area contributed by atoms with Crippen molar-refractivity contribution < 1.29 is 4.42 Å². The van der Waals surface area contributed by atoms with Crippen molar-refractivity contribution in [2.24, 2.45) is 0 Å². The standard InChI is InChI=1S/C62H43NO/c1-61(2)54-27-15-14-25-49(54)50-34-30-44(37-55(50)61)63(46-32-36-53-58(39-46)64-57-28-16-26-47(59(53)57)40-17-6-3-7-18-40)45-31-35-51-52-33-29-41-19-12-13-24-48(41)60(52)62(56(51)38-45,42-20-8-4-9-21-42)43-22-10-5-11-23-43/h3-39H,1-2H3. The Morgan fingerprint density at radius 2 is 0.938 bits per heavy atom. The summed E-state index contributed by atoms with van der Waals surface area (Å²) in [6.45, 7) is 4.73. The van der Waals surface area contributed by atoms with Crippen LogP contribution in [0.1, 0.15) is 47.2 Å². The first-order valence-electron chi connectivity index (χ1n) is 22.3. The Labute approximate surface area is 373 Å². The van der Waals surface area contributed by atoms with Crippen LogP contribution in [0.3, 0.4) is 0 Å². The number of furan rings is 1. The highest BCUT2D eigenvalue weighted by Crippen LogP contribution is 2.59. The molecule has 0 atom stereocenters. The maximum Gasteiger partial charge on any atom is 0.137 e. The Morgan fingerprint density at radius 3 is 1.69 bits per heavy atom. The largest absolute Gasteiger partial charge is 0.456 e. The van der Waals surface area contributed by atoms with Crippen LogP contribution in [0.25, 0.3) is 66.1 Å². The van der Waals surface area contributed by atoms with Crippen LogP contribution in [0.15, 0.2) is 229 Å². The Morgan fingerprint density at radius 1 is 0.375 bits per heavy atom. The van der Waals surface area contributed by atoms with E-state index in [1.54, 1.807) is 0 Å². The van der Waals surface area contributed by atoms with E-state index >= 15 is 0 Å². The molecule has 0 spiro atoms. The quantitative estimate of drug-likeness (QED) is 0.166. The molecule has 1 aromatic heterocycles. The monoisotopic (exact) mass is 817 g/mol. The number of rotatable bonds is 6. The predicted molar refractivity (Wildman–Crippen MR) is 266 cm³/mol. The minimum Gasteiger partial charge on any atom is -0.456 e. The molecular formula is C62H43NO. The molecule has 64 heavy (non-hydrogen) atoms. The van der Waals surface area contributed by atoms with Gasteiger partial charge in [0.05, 0.1) is 5.41 Å². The van der Waals surface area contributed by atoms with Crippen LogP contribution < -0.4 is 4.90 Å². The van der Waals surface area contributed by atoms with Gasteiger partial charge in [0.15, 0.2) is 0 Å². The molecular weight excluding hydrogens is 775 g/mol. The molecule has 0 bridgehead atoms. The lowest BCUT2D eigenvalue weighted by Crippen LogP contribution is -2.29. The second kappa shape index (κ2) is 13.8. The van der Waals surface area contributed by atoms with E-state index < -0.39 is 5.41 Å². The molecule has 0 aliphatic heterocycles. The van der Waals surface area contributed by atoms with Crippen LogP contribution in [0, 0.1) is 0 Å². The fourth-order valence-electron chi connectivity index (χ4n) is 11.5. The molecule has 13 rings (SSSR count). The van der Waals surface area contributed by atoms with E-state index in [9.17, 15) is 0 Å². The topological polar surface area (TPSA) is 16.4 Å². The van der Waals surface area contributed by atoms with Crippen LogP contribution in [0.5, 0.6) is 0 Å².